The van der Waals surface area contributed by atoms with Crippen molar-refractivity contribution in [3.05, 3.63) is 0 Å². The highest BCUT2D eigenvalue weighted by Crippen LogP contribution is 2.16. The predicted octanol–water partition coefficient (Wildman–Crippen LogP) is 7.06. The van der Waals surface area contributed by atoms with Crippen LogP contribution in [0.3, 0.4) is 0 Å². The summed E-state index contributed by atoms with van der Waals surface area (Å²) in [5, 5.41) is 0. The van der Waals surface area contributed by atoms with E-state index in [-0.39, 0.29) is 8.41 Å². The van der Waals surface area contributed by atoms with Gasteiger partial charge in [-0.3, -0.25) is 0 Å². The fourth-order valence-corrected chi connectivity index (χ4v) is 4.74. The van der Waals surface area contributed by atoms with Gasteiger partial charge in [-0.2, -0.15) is 0 Å². The molecule has 0 amide bonds. The largest absolute Gasteiger partial charge is 0.324 e. The summed E-state index contributed by atoms with van der Waals surface area (Å²) in [6.07, 6.45) is 24.6. The lowest BCUT2D eigenvalue weighted by atomic mass is 10.0. The van der Waals surface area contributed by atoms with E-state index in [9.17, 15) is 0 Å². The van der Waals surface area contributed by atoms with Crippen molar-refractivity contribution >= 4 is 8.41 Å². The Kier molecular flexibility index (Phi) is 24.2. The molecule has 0 aliphatic carbocycles. The molecule has 2 heteroatoms. The zero-order valence-corrected chi connectivity index (χ0v) is 19.3. The van der Waals surface area contributed by atoms with Crippen LogP contribution in [0.2, 0.25) is 0 Å². The molecule has 0 spiro atoms. The van der Waals surface area contributed by atoms with Crippen molar-refractivity contribution in [2.45, 2.75) is 137 Å². The molecule has 0 atom stereocenters. The topological polar surface area (TPSA) is 0 Å². The molecular weight excluding hydrogens is 325 g/mol. The fraction of sp³-hybridized carbons (Fsp3) is 1.00. The maximum absolute atomic E-state index is 2.36. The van der Waals surface area contributed by atoms with Crippen LogP contribution in [-0.4, -0.2) is 39.1 Å². The Bertz CT molecular complexity index is 250. The molecule has 0 aromatic heterocycles. The van der Waals surface area contributed by atoms with Crippen LogP contribution in [0, 0.1) is 0 Å². The monoisotopic (exact) mass is 383 g/mol. The van der Waals surface area contributed by atoms with E-state index in [1.807, 2.05) is 0 Å². The Morgan fingerprint density at radius 3 is 0.926 bits per heavy atom. The first kappa shape index (κ1) is 29.2. The lowest BCUT2D eigenvalue weighted by Gasteiger charge is -2.38. The second-order valence-corrected chi connectivity index (χ2v) is 8.83. The molecule has 0 fully saturated rings. The van der Waals surface area contributed by atoms with Crippen molar-refractivity contribution in [2.24, 2.45) is 0 Å². The van der Waals surface area contributed by atoms with Crippen LogP contribution in [-0.2, 0) is 0 Å². The molecule has 0 N–H and O–H groups in total. The number of rotatable bonds is 21. The molecule has 0 rings (SSSR count). The van der Waals surface area contributed by atoms with Gasteiger partial charge in [-0.15, -0.1) is 0 Å². The summed E-state index contributed by atoms with van der Waals surface area (Å²) in [7, 11) is 0. The Labute approximate surface area is 176 Å². The smallest absolute Gasteiger partial charge is 0.0786 e. The molecule has 166 valence electrons. The van der Waals surface area contributed by atoms with Crippen molar-refractivity contribution in [2.75, 3.05) is 26.2 Å². The molecule has 27 heavy (non-hydrogen) atoms. The summed E-state index contributed by atoms with van der Waals surface area (Å²) in [6.45, 7) is 15.0. The van der Waals surface area contributed by atoms with E-state index in [1.165, 1.54) is 140 Å². The lowest BCUT2D eigenvalue weighted by molar-refractivity contribution is -0.928. The number of unbranched alkanes of at least 4 members (excludes halogenated alkanes) is 13. The fourth-order valence-electron chi connectivity index (χ4n) is 4.74. The number of hydrogen-bond acceptors (Lipinski definition) is 0. The molecule has 0 aliphatic heterocycles. The minimum absolute atomic E-state index is 0. The molecule has 0 saturated heterocycles. The van der Waals surface area contributed by atoms with Crippen LogP contribution in [0.15, 0.2) is 0 Å². The van der Waals surface area contributed by atoms with Gasteiger partial charge in [-0.1, -0.05) is 113 Å². The van der Waals surface area contributed by atoms with Crippen LogP contribution >= 0.6 is 0 Å². The van der Waals surface area contributed by atoms with E-state index < -0.39 is 0 Å². The first-order valence-corrected chi connectivity index (χ1v) is 12.6. The Morgan fingerprint density at radius 2 is 0.630 bits per heavy atom. The van der Waals surface area contributed by atoms with E-state index in [0.717, 1.165) is 0 Å². The molecular formula is C25H58BN. The van der Waals surface area contributed by atoms with Crippen molar-refractivity contribution in [1.82, 2.24) is 0 Å². The molecule has 0 bridgehead atoms. The predicted molar refractivity (Wildman–Crippen MR) is 132 cm³/mol. The molecule has 0 saturated carbocycles. The number of hydrogen-bond donors (Lipinski definition) is 0. The van der Waals surface area contributed by atoms with Crippen LogP contribution in [0.4, 0.5) is 0 Å². The van der Waals surface area contributed by atoms with Gasteiger partial charge in [-0.25, -0.2) is 0 Å². The second kappa shape index (κ2) is 22.3. The quantitative estimate of drug-likeness (QED) is 0.113. The maximum atomic E-state index is 2.36. The van der Waals surface area contributed by atoms with E-state index in [1.54, 1.807) is 0 Å². The molecule has 0 unspecified atom stereocenters. The van der Waals surface area contributed by atoms with Gasteiger partial charge in [-0.05, 0) is 32.1 Å². The molecule has 1 nitrogen and oxygen atoms in total. The normalized spacial score (nSPS) is 11.6. The zero-order chi connectivity index (χ0) is 19.3. The molecule has 0 aromatic carbocycles. The Morgan fingerprint density at radius 1 is 0.333 bits per heavy atom. The summed E-state index contributed by atoms with van der Waals surface area (Å²) in [5.74, 6) is 0. The average molecular weight is 384 g/mol. The van der Waals surface area contributed by atoms with Gasteiger partial charge in [0.05, 0.1) is 26.2 Å². The van der Waals surface area contributed by atoms with Gasteiger partial charge in [0, 0.05) is 0 Å². The standard InChI is InChI=1S/C25H54N.BH4/c1-5-9-10-11-12-13-14-15-16-17-18-19-20-21-25-26(22-6-2,23-7-3)24-8-4;/h5-25H2,1-4H3;1H4/q+1;-1. The van der Waals surface area contributed by atoms with Crippen molar-refractivity contribution in [3.63, 3.8) is 0 Å². The molecule has 0 aromatic rings. The summed E-state index contributed by atoms with van der Waals surface area (Å²) in [6, 6.07) is 0. The van der Waals surface area contributed by atoms with Gasteiger partial charge in [0.1, 0.15) is 0 Å². The van der Waals surface area contributed by atoms with Gasteiger partial charge < -0.3 is 4.48 Å². The molecule has 0 aliphatic rings. The highest BCUT2D eigenvalue weighted by atomic mass is 15.3. The number of nitrogens with zero attached hydrogens (tertiary/aromatic N) is 1. The third-order valence-corrected chi connectivity index (χ3v) is 6.08. The lowest BCUT2D eigenvalue weighted by Crippen LogP contribution is -2.50. The van der Waals surface area contributed by atoms with Crippen LogP contribution in [0.25, 0.3) is 0 Å². The Balaban J connectivity index is 0. The van der Waals surface area contributed by atoms with Crippen molar-refractivity contribution < 1.29 is 4.48 Å². The highest BCUT2D eigenvalue weighted by Gasteiger charge is 2.23. The van der Waals surface area contributed by atoms with E-state index in [2.05, 4.69) is 27.7 Å². The van der Waals surface area contributed by atoms with Crippen LogP contribution in [0.1, 0.15) is 137 Å². The van der Waals surface area contributed by atoms with Crippen LogP contribution in [0.5, 0.6) is 0 Å². The van der Waals surface area contributed by atoms with Gasteiger partial charge >= 0.3 is 0 Å². The van der Waals surface area contributed by atoms with E-state index >= 15 is 0 Å². The summed E-state index contributed by atoms with van der Waals surface area (Å²) >= 11 is 0. The summed E-state index contributed by atoms with van der Waals surface area (Å²) < 4.78 is 1.40. The summed E-state index contributed by atoms with van der Waals surface area (Å²) in [5.41, 5.74) is 0. The molecule has 0 heterocycles. The van der Waals surface area contributed by atoms with Crippen molar-refractivity contribution in [3.8, 4) is 0 Å². The molecule has 0 radical (unpaired) electrons. The minimum atomic E-state index is 0. The Hall–Kier alpha value is 0.0249. The van der Waals surface area contributed by atoms with E-state index in [0.29, 0.717) is 0 Å². The third-order valence-electron chi connectivity index (χ3n) is 6.08. The van der Waals surface area contributed by atoms with Gasteiger partial charge in [0.25, 0.3) is 0 Å². The minimum Gasteiger partial charge on any atom is -0.324 e. The SMILES string of the molecule is CCCCCCCCCCCCCCCC[N+](CCC)(CCC)CCC.[BH4-]. The first-order valence-electron chi connectivity index (χ1n) is 12.6. The second-order valence-electron chi connectivity index (χ2n) is 8.83. The third kappa shape index (κ3) is 17.8. The number of quaternary nitrogens is 1. The van der Waals surface area contributed by atoms with Gasteiger partial charge in [0.15, 0.2) is 0 Å². The highest BCUT2D eigenvalue weighted by molar-refractivity contribution is 5.75. The first-order chi connectivity index (χ1) is 12.7. The van der Waals surface area contributed by atoms with Gasteiger partial charge in [0.2, 0.25) is 0 Å². The van der Waals surface area contributed by atoms with Crippen molar-refractivity contribution in [1.29, 1.82) is 0 Å². The van der Waals surface area contributed by atoms with E-state index in [4.69, 9.17) is 0 Å². The van der Waals surface area contributed by atoms with Crippen LogP contribution < -0.4 is 0 Å². The summed E-state index contributed by atoms with van der Waals surface area (Å²) in [4.78, 5) is 0. The zero-order valence-electron chi connectivity index (χ0n) is 19.3. The maximum Gasteiger partial charge on any atom is 0.0786 e. The average Bonchev–Trinajstić information content (AvgIpc) is 2.63.